The highest BCUT2D eigenvalue weighted by Crippen LogP contribution is 2.39. The van der Waals surface area contributed by atoms with E-state index in [4.69, 9.17) is 9.15 Å². The van der Waals surface area contributed by atoms with E-state index in [0.29, 0.717) is 6.61 Å². The van der Waals surface area contributed by atoms with Gasteiger partial charge in [0.05, 0.1) is 6.26 Å². The van der Waals surface area contributed by atoms with Gasteiger partial charge in [0.2, 0.25) is 0 Å². The third-order valence-electron chi connectivity index (χ3n) is 2.56. The average molecular weight is 230 g/mol. The third-order valence-corrected chi connectivity index (χ3v) is 3.44. The second kappa shape index (κ2) is 3.68. The topological polar surface area (TPSA) is 22.4 Å². The summed E-state index contributed by atoms with van der Waals surface area (Å²) in [6, 6.07) is 7.93. The van der Waals surface area contributed by atoms with Gasteiger partial charge in [0, 0.05) is 16.0 Å². The second-order valence-electron chi connectivity index (χ2n) is 3.52. The molecule has 2 aromatic rings. The number of rotatable bonds is 2. The molecule has 1 aliphatic heterocycles. The maximum Gasteiger partial charge on any atom is 0.134 e. The Labute approximate surface area is 97.5 Å². The van der Waals surface area contributed by atoms with Crippen molar-refractivity contribution < 1.29 is 9.15 Å². The van der Waals surface area contributed by atoms with Crippen molar-refractivity contribution in [1.29, 1.82) is 0 Å². The number of furan rings is 1. The number of hydrogen-bond donors (Lipinski definition) is 0. The maximum absolute atomic E-state index is 5.50. The van der Waals surface area contributed by atoms with Gasteiger partial charge in [-0.3, -0.25) is 0 Å². The lowest BCUT2D eigenvalue weighted by atomic mass is 10.1. The van der Waals surface area contributed by atoms with Crippen LogP contribution in [0.2, 0.25) is 0 Å². The van der Waals surface area contributed by atoms with Gasteiger partial charge in [-0.05, 0) is 23.6 Å². The van der Waals surface area contributed by atoms with E-state index in [9.17, 15) is 0 Å². The molecule has 0 N–H and O–H groups in total. The van der Waals surface area contributed by atoms with Gasteiger partial charge in [-0.25, -0.2) is 0 Å². The predicted octanol–water partition coefficient (Wildman–Crippen LogP) is 3.80. The number of ether oxygens (including phenoxy) is 1. The van der Waals surface area contributed by atoms with Crippen LogP contribution in [-0.4, -0.2) is 6.61 Å². The van der Waals surface area contributed by atoms with Crippen molar-refractivity contribution >= 4 is 22.5 Å². The van der Waals surface area contributed by atoms with E-state index >= 15 is 0 Å². The molecular formula is C13H10O2S. The minimum atomic E-state index is 0.541. The van der Waals surface area contributed by atoms with Gasteiger partial charge in [-0.1, -0.05) is 12.6 Å². The molecule has 2 nitrogen and oxygen atoms in total. The Balaban J connectivity index is 2.16. The Kier molecular flexibility index (Phi) is 2.18. The number of hydrogen-bond acceptors (Lipinski definition) is 3. The first-order valence-corrected chi connectivity index (χ1v) is 5.87. The zero-order valence-electron chi connectivity index (χ0n) is 8.60. The molecule has 0 aromatic carbocycles. The summed E-state index contributed by atoms with van der Waals surface area (Å²) in [6.07, 6.45) is 1.68. The predicted molar refractivity (Wildman–Crippen MR) is 64.9 cm³/mol. The lowest BCUT2D eigenvalue weighted by Gasteiger charge is -2.00. The summed E-state index contributed by atoms with van der Waals surface area (Å²) in [4.78, 5) is 1.17. The van der Waals surface area contributed by atoms with Crippen molar-refractivity contribution in [2.24, 2.45) is 0 Å². The Morgan fingerprint density at radius 2 is 2.19 bits per heavy atom. The summed E-state index contributed by atoms with van der Waals surface area (Å²) < 4.78 is 10.9. The monoisotopic (exact) mass is 230 g/mol. The molecule has 16 heavy (non-hydrogen) atoms. The zero-order chi connectivity index (χ0) is 11.0. The van der Waals surface area contributed by atoms with Gasteiger partial charge in [-0.15, -0.1) is 11.3 Å². The molecular weight excluding hydrogens is 220 g/mol. The van der Waals surface area contributed by atoms with Gasteiger partial charge in [-0.2, -0.15) is 0 Å². The van der Waals surface area contributed by atoms with Gasteiger partial charge in [0.15, 0.2) is 0 Å². The molecule has 2 aromatic heterocycles. The highest BCUT2D eigenvalue weighted by atomic mass is 32.1. The number of thiophene rings is 1. The van der Waals surface area contributed by atoms with E-state index in [1.54, 1.807) is 17.6 Å². The van der Waals surface area contributed by atoms with Crippen LogP contribution >= 0.6 is 11.3 Å². The molecule has 80 valence electrons. The summed E-state index contributed by atoms with van der Waals surface area (Å²) >= 11 is 1.68. The summed E-state index contributed by atoms with van der Waals surface area (Å²) in [5.74, 6) is 1.59. The molecule has 1 aliphatic rings. The van der Waals surface area contributed by atoms with Gasteiger partial charge in [0.25, 0.3) is 0 Å². The lowest BCUT2D eigenvalue weighted by molar-refractivity contribution is 0.285. The van der Waals surface area contributed by atoms with Gasteiger partial charge < -0.3 is 9.15 Å². The van der Waals surface area contributed by atoms with E-state index in [1.807, 2.05) is 23.6 Å². The smallest absolute Gasteiger partial charge is 0.134 e. The molecule has 0 fully saturated rings. The first kappa shape index (κ1) is 9.48. The first-order valence-electron chi connectivity index (χ1n) is 4.99. The van der Waals surface area contributed by atoms with Crippen LogP contribution in [0.3, 0.4) is 0 Å². The Hall–Kier alpha value is -1.74. The highest BCUT2D eigenvalue weighted by molar-refractivity contribution is 7.11. The van der Waals surface area contributed by atoms with Crippen LogP contribution in [0.5, 0.6) is 0 Å². The molecule has 0 radical (unpaired) electrons. The van der Waals surface area contributed by atoms with Crippen molar-refractivity contribution in [1.82, 2.24) is 0 Å². The summed E-state index contributed by atoms with van der Waals surface area (Å²) in [6.45, 7) is 4.48. The van der Waals surface area contributed by atoms with Crippen LogP contribution in [0, 0.1) is 0 Å². The molecule has 0 aliphatic carbocycles. The average Bonchev–Trinajstić information content (AvgIpc) is 2.96. The Bertz CT molecular complexity index is 533. The van der Waals surface area contributed by atoms with E-state index < -0.39 is 0 Å². The molecule has 3 heteroatoms. The zero-order valence-corrected chi connectivity index (χ0v) is 9.42. The minimum Gasteiger partial charge on any atom is -0.489 e. The Morgan fingerprint density at radius 3 is 2.88 bits per heavy atom. The second-order valence-corrected chi connectivity index (χ2v) is 4.47. The summed E-state index contributed by atoms with van der Waals surface area (Å²) in [5.41, 5.74) is 2.16. The van der Waals surface area contributed by atoms with Crippen LogP contribution in [0.1, 0.15) is 10.6 Å². The van der Waals surface area contributed by atoms with Gasteiger partial charge in [0.1, 0.15) is 18.1 Å². The van der Waals surface area contributed by atoms with Crippen molar-refractivity contribution in [2.75, 3.05) is 6.61 Å². The quantitative estimate of drug-likeness (QED) is 0.783. The molecule has 0 saturated carbocycles. The fourth-order valence-electron chi connectivity index (χ4n) is 1.82. The van der Waals surface area contributed by atoms with E-state index in [1.165, 1.54) is 4.88 Å². The van der Waals surface area contributed by atoms with Crippen molar-refractivity contribution in [3.8, 4) is 0 Å². The molecule has 0 saturated heterocycles. The van der Waals surface area contributed by atoms with Gasteiger partial charge >= 0.3 is 0 Å². The largest absolute Gasteiger partial charge is 0.489 e. The lowest BCUT2D eigenvalue weighted by Crippen LogP contribution is -1.85. The molecule has 0 bridgehead atoms. The third kappa shape index (κ3) is 1.41. The van der Waals surface area contributed by atoms with E-state index in [-0.39, 0.29) is 0 Å². The fourth-order valence-corrected chi connectivity index (χ4v) is 2.64. The van der Waals surface area contributed by atoms with Crippen LogP contribution in [0.25, 0.3) is 11.1 Å². The molecule has 0 atom stereocenters. The highest BCUT2D eigenvalue weighted by Gasteiger charge is 2.24. The SMILES string of the molecule is C=C1OCC(c2ccco2)=C1c1cccs1. The minimum absolute atomic E-state index is 0.541. The van der Waals surface area contributed by atoms with Crippen molar-refractivity contribution in [3.63, 3.8) is 0 Å². The molecule has 0 spiro atoms. The Morgan fingerprint density at radius 1 is 1.25 bits per heavy atom. The number of allylic oxidation sites excluding steroid dienone is 1. The molecule has 0 unspecified atom stereocenters. The van der Waals surface area contributed by atoms with Crippen molar-refractivity contribution in [2.45, 2.75) is 0 Å². The standard InChI is InChI=1S/C13H10O2S/c1-9-13(12-5-3-7-16-12)10(8-15-9)11-4-2-6-14-11/h2-7H,1,8H2. The van der Waals surface area contributed by atoms with Crippen LogP contribution in [0.4, 0.5) is 0 Å². The molecule has 3 heterocycles. The first-order chi connectivity index (χ1) is 7.86. The van der Waals surface area contributed by atoms with Crippen LogP contribution in [-0.2, 0) is 4.74 Å². The van der Waals surface area contributed by atoms with Crippen LogP contribution < -0.4 is 0 Å². The molecule has 3 rings (SSSR count). The van der Waals surface area contributed by atoms with E-state index in [2.05, 4.69) is 12.6 Å². The van der Waals surface area contributed by atoms with Crippen molar-refractivity contribution in [3.05, 3.63) is 58.9 Å². The fraction of sp³-hybridized carbons (Fsp3) is 0.0769. The summed E-state index contributed by atoms with van der Waals surface area (Å²) in [7, 11) is 0. The summed E-state index contributed by atoms with van der Waals surface area (Å²) in [5, 5.41) is 2.05. The van der Waals surface area contributed by atoms with E-state index in [0.717, 1.165) is 22.7 Å². The maximum atomic E-state index is 5.50. The van der Waals surface area contributed by atoms with Crippen LogP contribution in [0.15, 0.2) is 52.7 Å². The molecule has 0 amide bonds. The normalized spacial score (nSPS) is 15.6.